The molecule has 4 heteroatoms. The molecule has 2 bridgehead atoms. The summed E-state index contributed by atoms with van der Waals surface area (Å²) in [6, 6.07) is 2.51. The third-order valence-electron chi connectivity index (χ3n) is 4.65. The zero-order valence-electron chi connectivity index (χ0n) is 12.2. The SMILES string of the molecule is CC(C)(C)OC(=O)NCC12CCC(C#N)(CC1)CC2. The van der Waals surface area contributed by atoms with Crippen LogP contribution in [0, 0.1) is 22.2 Å². The predicted octanol–water partition coefficient (Wildman–Crippen LogP) is 3.38. The molecule has 3 saturated carbocycles. The number of fused-ring (bicyclic) bond motifs is 3. The lowest BCUT2D eigenvalue weighted by Gasteiger charge is -2.50. The first-order valence-corrected chi connectivity index (χ1v) is 7.16. The molecular formula is C15H24N2O2. The van der Waals surface area contributed by atoms with Crippen LogP contribution in [0.1, 0.15) is 59.3 Å². The summed E-state index contributed by atoms with van der Waals surface area (Å²) in [5, 5.41) is 12.2. The Balaban J connectivity index is 1.85. The first-order valence-electron chi connectivity index (χ1n) is 7.16. The number of carbonyl (C=O) groups is 1. The van der Waals surface area contributed by atoms with Crippen LogP contribution in [0.2, 0.25) is 0 Å². The van der Waals surface area contributed by atoms with Gasteiger partial charge in [0, 0.05) is 6.54 Å². The highest BCUT2D eigenvalue weighted by atomic mass is 16.6. The predicted molar refractivity (Wildman–Crippen MR) is 72.4 cm³/mol. The highest BCUT2D eigenvalue weighted by molar-refractivity contribution is 5.67. The number of rotatable bonds is 2. The van der Waals surface area contributed by atoms with Gasteiger partial charge in [-0.05, 0) is 64.7 Å². The van der Waals surface area contributed by atoms with Gasteiger partial charge in [-0.1, -0.05) is 0 Å². The van der Waals surface area contributed by atoms with Crippen LogP contribution in [0.25, 0.3) is 0 Å². The van der Waals surface area contributed by atoms with Crippen molar-refractivity contribution in [2.45, 2.75) is 64.9 Å². The topological polar surface area (TPSA) is 62.1 Å². The summed E-state index contributed by atoms with van der Waals surface area (Å²) < 4.78 is 5.27. The molecule has 0 unspecified atom stereocenters. The highest BCUT2D eigenvalue weighted by Gasteiger charge is 2.48. The zero-order valence-corrected chi connectivity index (χ0v) is 12.2. The minimum Gasteiger partial charge on any atom is -0.444 e. The second kappa shape index (κ2) is 4.70. The first kappa shape index (κ1) is 14.2. The lowest BCUT2D eigenvalue weighted by atomic mass is 9.54. The summed E-state index contributed by atoms with van der Waals surface area (Å²) in [4.78, 5) is 11.7. The molecule has 3 rings (SSSR count). The Morgan fingerprint density at radius 3 is 2.16 bits per heavy atom. The Labute approximate surface area is 115 Å². The Hall–Kier alpha value is -1.24. The minimum absolute atomic E-state index is 0.0618. The molecular weight excluding hydrogens is 240 g/mol. The fourth-order valence-electron chi connectivity index (χ4n) is 3.27. The average molecular weight is 264 g/mol. The number of nitriles is 1. The van der Waals surface area contributed by atoms with Crippen molar-refractivity contribution in [1.82, 2.24) is 5.32 Å². The second-order valence-corrected chi connectivity index (χ2v) is 7.25. The van der Waals surface area contributed by atoms with E-state index < -0.39 is 5.60 Å². The van der Waals surface area contributed by atoms with Crippen LogP contribution in [0.5, 0.6) is 0 Å². The summed E-state index contributed by atoms with van der Waals surface area (Å²) in [5.41, 5.74) is -0.306. The van der Waals surface area contributed by atoms with E-state index in [9.17, 15) is 10.1 Å². The van der Waals surface area contributed by atoms with Gasteiger partial charge in [-0.2, -0.15) is 5.26 Å². The van der Waals surface area contributed by atoms with Crippen LogP contribution in [-0.2, 0) is 4.74 Å². The van der Waals surface area contributed by atoms with Gasteiger partial charge < -0.3 is 10.1 Å². The summed E-state index contributed by atoms with van der Waals surface area (Å²) in [6.07, 6.45) is 5.78. The van der Waals surface area contributed by atoms with Crippen LogP contribution in [0.4, 0.5) is 4.79 Å². The highest BCUT2D eigenvalue weighted by Crippen LogP contribution is 2.56. The molecule has 0 aromatic rings. The largest absolute Gasteiger partial charge is 0.444 e. The number of hydrogen-bond donors (Lipinski definition) is 1. The van der Waals surface area contributed by atoms with E-state index in [1.807, 2.05) is 20.8 Å². The average Bonchev–Trinajstić information content (AvgIpc) is 2.37. The molecule has 4 nitrogen and oxygen atoms in total. The maximum Gasteiger partial charge on any atom is 0.407 e. The molecule has 0 spiro atoms. The number of amides is 1. The monoisotopic (exact) mass is 264 g/mol. The van der Waals surface area contributed by atoms with Crippen LogP contribution < -0.4 is 5.32 Å². The summed E-state index contributed by atoms with van der Waals surface area (Å²) in [5.74, 6) is 0. The van der Waals surface area contributed by atoms with Crippen LogP contribution in [-0.4, -0.2) is 18.2 Å². The van der Waals surface area contributed by atoms with Crippen molar-refractivity contribution in [2.75, 3.05) is 6.54 Å². The number of hydrogen-bond acceptors (Lipinski definition) is 3. The number of nitrogens with zero attached hydrogens (tertiary/aromatic N) is 1. The molecule has 3 aliphatic rings. The van der Waals surface area contributed by atoms with Crippen molar-refractivity contribution in [3.63, 3.8) is 0 Å². The van der Waals surface area contributed by atoms with Crippen molar-refractivity contribution in [3.05, 3.63) is 0 Å². The van der Waals surface area contributed by atoms with Gasteiger partial charge in [-0.15, -0.1) is 0 Å². The fraction of sp³-hybridized carbons (Fsp3) is 0.867. The van der Waals surface area contributed by atoms with Gasteiger partial charge in [0.05, 0.1) is 11.5 Å². The molecule has 0 aromatic heterocycles. The number of alkyl carbamates (subject to hydrolysis) is 1. The van der Waals surface area contributed by atoms with Crippen molar-refractivity contribution in [2.24, 2.45) is 10.8 Å². The quantitative estimate of drug-likeness (QED) is 0.831. The molecule has 0 aliphatic heterocycles. The number of carbonyl (C=O) groups excluding carboxylic acids is 1. The van der Waals surface area contributed by atoms with E-state index in [0.29, 0.717) is 6.54 Å². The molecule has 106 valence electrons. The van der Waals surface area contributed by atoms with Crippen LogP contribution >= 0.6 is 0 Å². The molecule has 0 radical (unpaired) electrons. The Kier molecular flexibility index (Phi) is 3.51. The molecule has 0 heterocycles. The normalized spacial score (nSPS) is 33.6. The lowest BCUT2D eigenvalue weighted by Crippen LogP contribution is -2.47. The molecule has 1 N–H and O–H groups in total. The number of ether oxygens (including phenoxy) is 1. The van der Waals surface area contributed by atoms with Crippen molar-refractivity contribution >= 4 is 6.09 Å². The van der Waals surface area contributed by atoms with Crippen molar-refractivity contribution in [3.8, 4) is 6.07 Å². The van der Waals surface area contributed by atoms with Gasteiger partial charge in [-0.25, -0.2) is 4.79 Å². The van der Waals surface area contributed by atoms with E-state index in [-0.39, 0.29) is 16.9 Å². The van der Waals surface area contributed by atoms with Crippen molar-refractivity contribution in [1.29, 1.82) is 5.26 Å². The van der Waals surface area contributed by atoms with E-state index in [4.69, 9.17) is 4.74 Å². The summed E-state index contributed by atoms with van der Waals surface area (Å²) in [6.45, 7) is 6.29. The van der Waals surface area contributed by atoms with E-state index in [2.05, 4.69) is 11.4 Å². The van der Waals surface area contributed by atoms with Gasteiger partial charge in [0.1, 0.15) is 5.60 Å². The van der Waals surface area contributed by atoms with Gasteiger partial charge in [-0.3, -0.25) is 0 Å². The Bertz CT molecular complexity index is 379. The molecule has 3 fully saturated rings. The van der Waals surface area contributed by atoms with Crippen molar-refractivity contribution < 1.29 is 9.53 Å². The molecule has 0 saturated heterocycles. The third-order valence-corrected chi connectivity index (χ3v) is 4.65. The maximum atomic E-state index is 11.7. The van der Waals surface area contributed by atoms with Gasteiger partial charge in [0.2, 0.25) is 0 Å². The molecule has 3 aliphatic carbocycles. The third kappa shape index (κ3) is 3.20. The summed E-state index contributed by atoms with van der Waals surface area (Å²) in [7, 11) is 0. The van der Waals surface area contributed by atoms with Gasteiger partial charge in [0.15, 0.2) is 0 Å². The van der Waals surface area contributed by atoms with E-state index in [1.54, 1.807) is 0 Å². The fourth-order valence-corrected chi connectivity index (χ4v) is 3.27. The Morgan fingerprint density at radius 1 is 1.21 bits per heavy atom. The molecule has 1 amide bonds. The second-order valence-electron chi connectivity index (χ2n) is 7.25. The first-order chi connectivity index (χ1) is 8.78. The molecule has 0 aromatic carbocycles. The smallest absolute Gasteiger partial charge is 0.407 e. The summed E-state index contributed by atoms with van der Waals surface area (Å²) >= 11 is 0. The molecule has 0 atom stereocenters. The Morgan fingerprint density at radius 2 is 1.74 bits per heavy atom. The maximum absolute atomic E-state index is 11.7. The van der Waals surface area contributed by atoms with E-state index in [0.717, 1.165) is 38.5 Å². The minimum atomic E-state index is -0.448. The van der Waals surface area contributed by atoms with Crippen LogP contribution in [0.3, 0.4) is 0 Å². The van der Waals surface area contributed by atoms with Gasteiger partial charge in [0.25, 0.3) is 0 Å². The molecule has 19 heavy (non-hydrogen) atoms. The van der Waals surface area contributed by atoms with E-state index >= 15 is 0 Å². The standard InChI is InChI=1S/C15H24N2O2/c1-13(2,3)19-12(18)17-11-15-7-4-14(10-16,5-8-15)6-9-15/h4-9,11H2,1-3H3,(H,17,18). The van der Waals surface area contributed by atoms with Gasteiger partial charge >= 0.3 is 6.09 Å². The zero-order chi connectivity index (χ0) is 14.1. The number of nitrogens with one attached hydrogen (secondary N) is 1. The van der Waals surface area contributed by atoms with Crippen LogP contribution in [0.15, 0.2) is 0 Å². The van der Waals surface area contributed by atoms with E-state index in [1.165, 1.54) is 0 Å². The lowest BCUT2D eigenvalue weighted by molar-refractivity contribution is 0.0172.